The summed E-state index contributed by atoms with van der Waals surface area (Å²) in [5, 5.41) is 3.31. The minimum Gasteiger partial charge on any atom is -0.486 e. The van der Waals surface area contributed by atoms with Gasteiger partial charge in [-0.15, -0.1) is 0 Å². The van der Waals surface area contributed by atoms with Gasteiger partial charge in [-0.2, -0.15) is 4.31 Å². The summed E-state index contributed by atoms with van der Waals surface area (Å²) in [6.07, 6.45) is 0.883. The molecule has 1 aromatic carbocycles. The summed E-state index contributed by atoms with van der Waals surface area (Å²) in [6, 6.07) is 5.01. The fourth-order valence-electron chi connectivity index (χ4n) is 3.30. The molecule has 4 rings (SSSR count). The smallest absolute Gasteiger partial charge is 0.243 e. The molecule has 1 aromatic rings. The van der Waals surface area contributed by atoms with E-state index in [-0.39, 0.29) is 6.04 Å². The van der Waals surface area contributed by atoms with Gasteiger partial charge in [-0.05, 0) is 25.1 Å². The Balaban J connectivity index is 1.63. The first-order chi connectivity index (χ1) is 10.2. The van der Waals surface area contributed by atoms with E-state index in [1.165, 1.54) is 0 Å². The van der Waals surface area contributed by atoms with E-state index in [1.807, 2.05) is 0 Å². The van der Waals surface area contributed by atoms with E-state index in [0.717, 1.165) is 19.5 Å². The summed E-state index contributed by atoms with van der Waals surface area (Å²) in [5.41, 5.74) is 0. The van der Waals surface area contributed by atoms with E-state index in [1.54, 1.807) is 22.5 Å². The number of ether oxygens (including phenoxy) is 2. The summed E-state index contributed by atoms with van der Waals surface area (Å²) in [6.45, 7) is 3.36. The first kappa shape index (κ1) is 13.4. The van der Waals surface area contributed by atoms with Gasteiger partial charge in [-0.1, -0.05) is 0 Å². The van der Waals surface area contributed by atoms with E-state index in [0.29, 0.717) is 42.1 Å². The molecule has 2 atom stereocenters. The molecule has 3 aliphatic rings. The van der Waals surface area contributed by atoms with Crippen molar-refractivity contribution in [1.29, 1.82) is 0 Å². The minimum absolute atomic E-state index is 0.143. The number of benzene rings is 1. The molecule has 0 amide bonds. The van der Waals surface area contributed by atoms with Crippen LogP contribution >= 0.6 is 0 Å². The summed E-state index contributed by atoms with van der Waals surface area (Å²) < 4.78 is 38.1. The number of piperidine rings is 1. The average Bonchev–Trinajstić information content (AvgIpc) is 2.48. The molecule has 3 heterocycles. The van der Waals surface area contributed by atoms with Gasteiger partial charge in [0.25, 0.3) is 0 Å². The molecule has 0 aliphatic carbocycles. The minimum atomic E-state index is -3.44. The first-order valence-corrected chi connectivity index (χ1v) is 8.72. The molecule has 0 aromatic heterocycles. The molecule has 0 radical (unpaired) electrons. The average molecular weight is 310 g/mol. The summed E-state index contributed by atoms with van der Waals surface area (Å²) in [5.74, 6) is 1.58. The lowest BCUT2D eigenvalue weighted by Gasteiger charge is -2.49. The Labute approximate surface area is 124 Å². The molecule has 2 saturated heterocycles. The van der Waals surface area contributed by atoms with Crippen LogP contribution in [0.4, 0.5) is 0 Å². The van der Waals surface area contributed by atoms with Gasteiger partial charge in [0.05, 0.1) is 4.90 Å². The van der Waals surface area contributed by atoms with Gasteiger partial charge in [0.2, 0.25) is 10.0 Å². The number of sulfonamides is 1. The Hall–Kier alpha value is -1.31. The van der Waals surface area contributed by atoms with Crippen LogP contribution in [-0.4, -0.2) is 51.6 Å². The van der Waals surface area contributed by atoms with Gasteiger partial charge < -0.3 is 14.8 Å². The Kier molecular flexibility index (Phi) is 3.09. The van der Waals surface area contributed by atoms with Crippen molar-refractivity contribution in [2.75, 3.05) is 32.8 Å². The van der Waals surface area contributed by atoms with E-state index in [4.69, 9.17) is 9.47 Å². The van der Waals surface area contributed by atoms with Gasteiger partial charge in [0, 0.05) is 31.1 Å². The highest BCUT2D eigenvalue weighted by Gasteiger charge is 2.47. The Bertz CT molecular complexity index is 661. The molecular formula is C14H18N2O4S. The fourth-order valence-corrected chi connectivity index (χ4v) is 5.09. The third-order valence-corrected chi connectivity index (χ3v) is 6.36. The molecule has 0 unspecified atom stereocenters. The molecule has 3 aliphatic heterocycles. The normalized spacial score (nSPS) is 28.6. The lowest BCUT2D eigenvalue weighted by atomic mass is 9.86. The van der Waals surface area contributed by atoms with Crippen molar-refractivity contribution in [2.24, 2.45) is 5.92 Å². The maximum atomic E-state index is 12.8. The number of fused-ring (bicyclic) bond motifs is 2. The highest BCUT2D eigenvalue weighted by molar-refractivity contribution is 7.89. The quantitative estimate of drug-likeness (QED) is 0.858. The van der Waals surface area contributed by atoms with Crippen molar-refractivity contribution >= 4 is 10.0 Å². The zero-order valence-corrected chi connectivity index (χ0v) is 12.4. The fraction of sp³-hybridized carbons (Fsp3) is 0.571. The van der Waals surface area contributed by atoms with Crippen LogP contribution in [0.5, 0.6) is 11.5 Å². The van der Waals surface area contributed by atoms with E-state index >= 15 is 0 Å². The lowest BCUT2D eigenvalue weighted by Crippen LogP contribution is -2.64. The first-order valence-electron chi connectivity index (χ1n) is 7.28. The zero-order valence-electron chi connectivity index (χ0n) is 11.6. The van der Waals surface area contributed by atoms with Crippen LogP contribution in [0, 0.1) is 5.92 Å². The molecule has 114 valence electrons. The van der Waals surface area contributed by atoms with Gasteiger partial charge in [0.15, 0.2) is 11.5 Å². The Morgan fingerprint density at radius 2 is 2.00 bits per heavy atom. The monoisotopic (exact) mass is 310 g/mol. The van der Waals surface area contributed by atoms with Crippen LogP contribution in [0.2, 0.25) is 0 Å². The second kappa shape index (κ2) is 4.86. The Morgan fingerprint density at radius 3 is 2.81 bits per heavy atom. The molecular weight excluding hydrogens is 292 g/mol. The molecule has 0 spiro atoms. The lowest BCUT2D eigenvalue weighted by molar-refractivity contribution is 0.0713. The number of hydrogen-bond acceptors (Lipinski definition) is 5. The second-order valence-electron chi connectivity index (χ2n) is 5.70. The molecule has 7 heteroatoms. The van der Waals surface area contributed by atoms with Crippen LogP contribution < -0.4 is 14.8 Å². The van der Waals surface area contributed by atoms with Crippen molar-refractivity contribution in [2.45, 2.75) is 17.4 Å². The predicted octanol–water partition coefficient (Wildman–Crippen LogP) is 0.440. The van der Waals surface area contributed by atoms with Crippen LogP contribution in [0.15, 0.2) is 23.1 Å². The van der Waals surface area contributed by atoms with Gasteiger partial charge in [-0.3, -0.25) is 0 Å². The zero-order chi connectivity index (χ0) is 14.4. The van der Waals surface area contributed by atoms with Crippen molar-refractivity contribution in [1.82, 2.24) is 9.62 Å². The van der Waals surface area contributed by atoms with Crippen LogP contribution in [-0.2, 0) is 10.0 Å². The molecule has 0 saturated carbocycles. The van der Waals surface area contributed by atoms with Crippen molar-refractivity contribution < 1.29 is 17.9 Å². The van der Waals surface area contributed by atoms with Crippen LogP contribution in [0.25, 0.3) is 0 Å². The van der Waals surface area contributed by atoms with Crippen molar-refractivity contribution in [3.8, 4) is 11.5 Å². The largest absolute Gasteiger partial charge is 0.486 e. The number of nitrogens with one attached hydrogen (secondary N) is 1. The predicted molar refractivity (Wildman–Crippen MR) is 76.1 cm³/mol. The third-order valence-electron chi connectivity index (χ3n) is 4.47. The highest BCUT2D eigenvalue weighted by atomic mass is 32.2. The number of nitrogens with zero attached hydrogens (tertiary/aromatic N) is 1. The standard InChI is InChI=1S/C14H18N2O4S/c17-21(18,16-9-10-8-15-4-3-12(10)16)11-1-2-13-14(7-11)20-6-5-19-13/h1-2,7,10,12,15H,3-6,8-9H2/t10-,12-/m0/s1. The van der Waals surface area contributed by atoms with Crippen molar-refractivity contribution in [3.05, 3.63) is 18.2 Å². The molecule has 21 heavy (non-hydrogen) atoms. The van der Waals surface area contributed by atoms with E-state index in [2.05, 4.69) is 5.32 Å². The Morgan fingerprint density at radius 1 is 1.19 bits per heavy atom. The summed E-state index contributed by atoms with van der Waals surface area (Å²) >= 11 is 0. The van der Waals surface area contributed by atoms with Crippen LogP contribution in [0.3, 0.4) is 0 Å². The van der Waals surface area contributed by atoms with E-state index in [9.17, 15) is 8.42 Å². The summed E-state index contributed by atoms with van der Waals surface area (Å²) in [4.78, 5) is 0.295. The topological polar surface area (TPSA) is 67.9 Å². The summed E-state index contributed by atoms with van der Waals surface area (Å²) in [7, 11) is -3.44. The second-order valence-corrected chi connectivity index (χ2v) is 7.59. The molecule has 1 N–H and O–H groups in total. The highest BCUT2D eigenvalue weighted by Crippen LogP contribution is 2.38. The third kappa shape index (κ3) is 2.11. The van der Waals surface area contributed by atoms with Crippen molar-refractivity contribution in [3.63, 3.8) is 0 Å². The van der Waals surface area contributed by atoms with Gasteiger partial charge in [0.1, 0.15) is 13.2 Å². The molecule has 6 nitrogen and oxygen atoms in total. The SMILES string of the molecule is O=S(=O)(c1ccc2c(c1)OCCO2)N1C[C@@H]2CNCC[C@@H]21. The maximum Gasteiger partial charge on any atom is 0.243 e. The number of hydrogen-bond donors (Lipinski definition) is 1. The van der Waals surface area contributed by atoms with Crippen LogP contribution in [0.1, 0.15) is 6.42 Å². The molecule has 0 bridgehead atoms. The van der Waals surface area contributed by atoms with Gasteiger partial charge in [-0.25, -0.2) is 8.42 Å². The molecule has 2 fully saturated rings. The number of rotatable bonds is 2. The van der Waals surface area contributed by atoms with Gasteiger partial charge >= 0.3 is 0 Å². The van der Waals surface area contributed by atoms with E-state index < -0.39 is 10.0 Å². The maximum absolute atomic E-state index is 12.8.